The number of benzene rings is 1. The first-order valence-corrected chi connectivity index (χ1v) is 6.76. The van der Waals surface area contributed by atoms with Crippen LogP contribution in [-0.4, -0.2) is 44.0 Å². The number of ether oxygens (including phenoxy) is 1. The number of rotatable bonds is 6. The van der Waals surface area contributed by atoms with Crippen LogP contribution in [-0.2, 0) is 9.53 Å². The Morgan fingerprint density at radius 2 is 1.92 bits per heavy atom. The van der Waals surface area contributed by atoms with Crippen molar-refractivity contribution >= 4 is 17.4 Å². The van der Waals surface area contributed by atoms with E-state index in [1.165, 1.54) is 37.6 Å². The van der Waals surface area contributed by atoms with Crippen molar-refractivity contribution in [1.29, 1.82) is 0 Å². The predicted octanol–water partition coefficient (Wildman–Crippen LogP) is 2.98. The Morgan fingerprint density at radius 1 is 1.25 bits per heavy atom. The SMILES string of the molecule is COC(=O)c1cccc(NC(/C=C/N(C)C)=C/C(=O)C(F)(F)F)c1. The van der Waals surface area contributed by atoms with Crippen molar-refractivity contribution in [3.05, 3.63) is 53.9 Å². The number of halogens is 3. The average Bonchev–Trinajstić information content (AvgIpc) is 2.51. The van der Waals surface area contributed by atoms with E-state index in [1.807, 2.05) is 0 Å². The second kappa shape index (κ2) is 8.19. The molecule has 1 aromatic carbocycles. The van der Waals surface area contributed by atoms with Crippen LogP contribution in [0.1, 0.15) is 10.4 Å². The number of carbonyl (C=O) groups excluding carboxylic acids is 2. The molecule has 1 rings (SSSR count). The van der Waals surface area contributed by atoms with E-state index in [2.05, 4.69) is 10.1 Å². The number of hydrogen-bond acceptors (Lipinski definition) is 5. The molecule has 0 amide bonds. The van der Waals surface area contributed by atoms with Gasteiger partial charge < -0.3 is 15.0 Å². The third kappa shape index (κ3) is 6.15. The molecule has 1 N–H and O–H groups in total. The van der Waals surface area contributed by atoms with Crippen LogP contribution < -0.4 is 5.32 Å². The Kier molecular flexibility index (Phi) is 6.58. The lowest BCUT2D eigenvalue weighted by atomic mass is 10.2. The average molecular weight is 342 g/mol. The van der Waals surface area contributed by atoms with Crippen molar-refractivity contribution in [3.8, 4) is 0 Å². The highest BCUT2D eigenvalue weighted by Crippen LogP contribution is 2.19. The highest BCUT2D eigenvalue weighted by atomic mass is 19.4. The number of allylic oxidation sites excluding steroid dienone is 2. The van der Waals surface area contributed by atoms with Crippen molar-refractivity contribution < 1.29 is 27.5 Å². The van der Waals surface area contributed by atoms with Crippen molar-refractivity contribution in [2.75, 3.05) is 26.5 Å². The van der Waals surface area contributed by atoms with Crippen LogP contribution in [0, 0.1) is 0 Å². The van der Waals surface area contributed by atoms with Crippen molar-refractivity contribution in [2.24, 2.45) is 0 Å². The zero-order valence-corrected chi connectivity index (χ0v) is 13.3. The fourth-order valence-electron chi connectivity index (χ4n) is 1.59. The van der Waals surface area contributed by atoms with Gasteiger partial charge in [-0.05, 0) is 24.3 Å². The van der Waals surface area contributed by atoms with Crippen LogP contribution in [0.3, 0.4) is 0 Å². The number of anilines is 1. The molecule has 0 radical (unpaired) electrons. The predicted molar refractivity (Wildman–Crippen MR) is 83.4 cm³/mol. The summed E-state index contributed by atoms with van der Waals surface area (Å²) in [5.41, 5.74) is 0.483. The summed E-state index contributed by atoms with van der Waals surface area (Å²) in [6, 6.07) is 5.98. The zero-order valence-electron chi connectivity index (χ0n) is 13.3. The maximum atomic E-state index is 12.4. The minimum atomic E-state index is -4.97. The zero-order chi connectivity index (χ0) is 18.3. The van der Waals surface area contributed by atoms with Gasteiger partial charge in [0, 0.05) is 37.8 Å². The molecule has 130 valence electrons. The van der Waals surface area contributed by atoms with Gasteiger partial charge in [-0.1, -0.05) is 6.07 Å². The first kappa shape index (κ1) is 19.3. The van der Waals surface area contributed by atoms with E-state index in [1.54, 1.807) is 25.1 Å². The summed E-state index contributed by atoms with van der Waals surface area (Å²) in [5, 5.41) is 2.68. The molecule has 0 fully saturated rings. The molecule has 5 nitrogen and oxygen atoms in total. The molecule has 0 saturated carbocycles. The van der Waals surface area contributed by atoms with Crippen molar-refractivity contribution in [3.63, 3.8) is 0 Å². The van der Waals surface area contributed by atoms with Crippen LogP contribution in [0.4, 0.5) is 18.9 Å². The Labute approximate surface area is 137 Å². The van der Waals surface area contributed by atoms with E-state index in [4.69, 9.17) is 0 Å². The summed E-state index contributed by atoms with van der Waals surface area (Å²) in [5.74, 6) is -2.57. The van der Waals surface area contributed by atoms with Gasteiger partial charge >= 0.3 is 12.1 Å². The number of carbonyl (C=O) groups is 2. The molecule has 0 aliphatic carbocycles. The number of methoxy groups -OCH3 is 1. The molecule has 0 saturated heterocycles. The summed E-state index contributed by atoms with van der Waals surface area (Å²) < 4.78 is 41.9. The molecule has 0 spiro atoms. The van der Waals surface area contributed by atoms with E-state index >= 15 is 0 Å². The molecule has 0 aromatic heterocycles. The van der Waals surface area contributed by atoms with Gasteiger partial charge in [-0.2, -0.15) is 13.2 Å². The number of nitrogens with zero attached hydrogens (tertiary/aromatic N) is 1. The van der Waals surface area contributed by atoms with Gasteiger partial charge in [0.25, 0.3) is 5.78 Å². The van der Waals surface area contributed by atoms with E-state index < -0.39 is 17.9 Å². The number of esters is 1. The lowest BCUT2D eigenvalue weighted by Gasteiger charge is -2.11. The normalized spacial score (nSPS) is 12.2. The topological polar surface area (TPSA) is 58.6 Å². The van der Waals surface area contributed by atoms with Gasteiger partial charge in [0.15, 0.2) is 0 Å². The minimum Gasteiger partial charge on any atom is -0.465 e. The number of hydrogen-bond donors (Lipinski definition) is 1. The first-order valence-electron chi connectivity index (χ1n) is 6.76. The van der Waals surface area contributed by atoms with Gasteiger partial charge in [0.05, 0.1) is 12.7 Å². The summed E-state index contributed by atoms with van der Waals surface area (Å²) >= 11 is 0. The van der Waals surface area contributed by atoms with Gasteiger partial charge in [0.2, 0.25) is 0 Å². The van der Waals surface area contributed by atoms with E-state index in [0.29, 0.717) is 11.8 Å². The van der Waals surface area contributed by atoms with Crippen LogP contribution in [0.5, 0.6) is 0 Å². The molecule has 8 heteroatoms. The second-order valence-corrected chi connectivity index (χ2v) is 4.94. The van der Waals surface area contributed by atoms with Gasteiger partial charge in [-0.25, -0.2) is 4.79 Å². The number of alkyl halides is 3. The van der Waals surface area contributed by atoms with Gasteiger partial charge in [-0.15, -0.1) is 0 Å². The Bertz CT molecular complexity index is 665. The molecule has 24 heavy (non-hydrogen) atoms. The fourth-order valence-corrected chi connectivity index (χ4v) is 1.59. The summed E-state index contributed by atoms with van der Waals surface area (Å²) in [7, 11) is 4.57. The molecule has 0 aliphatic rings. The molecule has 0 unspecified atom stereocenters. The van der Waals surface area contributed by atoms with Crippen LogP contribution in [0.2, 0.25) is 0 Å². The first-order chi connectivity index (χ1) is 11.1. The quantitative estimate of drug-likeness (QED) is 0.489. The summed E-state index contributed by atoms with van der Waals surface area (Å²) in [4.78, 5) is 24.3. The molecular formula is C16H17F3N2O3. The third-order valence-corrected chi connectivity index (χ3v) is 2.69. The van der Waals surface area contributed by atoms with E-state index in [-0.39, 0.29) is 11.3 Å². The standard InChI is InChI=1S/C16H17F3N2O3/c1-21(2)8-7-13(10-14(22)16(17,18)19)20-12-6-4-5-11(9-12)15(23)24-3/h4-10,20H,1-3H3/b8-7+,13-10+. The lowest BCUT2D eigenvalue weighted by Crippen LogP contribution is -2.21. The molecule has 0 aliphatic heterocycles. The van der Waals surface area contributed by atoms with Crippen molar-refractivity contribution in [2.45, 2.75) is 6.18 Å². The minimum absolute atomic E-state index is 0.0759. The van der Waals surface area contributed by atoms with Crippen molar-refractivity contribution in [1.82, 2.24) is 4.90 Å². The summed E-state index contributed by atoms with van der Waals surface area (Å²) in [6.45, 7) is 0. The second-order valence-electron chi connectivity index (χ2n) is 4.94. The van der Waals surface area contributed by atoms with Gasteiger partial charge in [0.1, 0.15) is 0 Å². The fraction of sp³-hybridized carbons (Fsp3) is 0.250. The van der Waals surface area contributed by atoms with E-state index in [0.717, 1.165) is 0 Å². The van der Waals surface area contributed by atoms with Crippen LogP contribution in [0.25, 0.3) is 0 Å². The Morgan fingerprint density at radius 3 is 2.46 bits per heavy atom. The molecule has 0 heterocycles. The molecule has 0 atom stereocenters. The van der Waals surface area contributed by atoms with Crippen LogP contribution in [0.15, 0.2) is 48.3 Å². The highest BCUT2D eigenvalue weighted by Gasteiger charge is 2.36. The monoisotopic (exact) mass is 342 g/mol. The lowest BCUT2D eigenvalue weighted by molar-refractivity contribution is -0.165. The van der Waals surface area contributed by atoms with Gasteiger partial charge in [-0.3, -0.25) is 4.79 Å². The maximum Gasteiger partial charge on any atom is 0.454 e. The maximum absolute atomic E-state index is 12.4. The molecule has 0 bridgehead atoms. The number of nitrogens with one attached hydrogen (secondary N) is 1. The number of ketones is 1. The summed E-state index contributed by atoms with van der Waals surface area (Å²) in [6.07, 6.45) is -1.72. The highest BCUT2D eigenvalue weighted by molar-refractivity contribution is 5.96. The Hall–Kier alpha value is -2.77. The smallest absolute Gasteiger partial charge is 0.454 e. The molecular weight excluding hydrogens is 325 g/mol. The Balaban J connectivity index is 3.11. The third-order valence-electron chi connectivity index (χ3n) is 2.69. The van der Waals surface area contributed by atoms with Crippen LogP contribution >= 0.6 is 0 Å². The van der Waals surface area contributed by atoms with E-state index in [9.17, 15) is 22.8 Å². The molecule has 1 aromatic rings. The largest absolute Gasteiger partial charge is 0.465 e.